The van der Waals surface area contributed by atoms with E-state index in [1.165, 1.54) is 11.1 Å². The fourth-order valence-corrected chi connectivity index (χ4v) is 4.01. The lowest BCUT2D eigenvalue weighted by Gasteiger charge is -2.05. The third-order valence-corrected chi connectivity index (χ3v) is 6.06. The maximum absolute atomic E-state index is 11.0. The Morgan fingerprint density at radius 3 is 2.63 bits per heavy atom. The Hall–Kier alpha value is -3.03. The van der Waals surface area contributed by atoms with E-state index < -0.39 is 10.1 Å². The molecule has 6 nitrogen and oxygen atoms in total. The van der Waals surface area contributed by atoms with Gasteiger partial charge in [0, 0.05) is 24.1 Å². The van der Waals surface area contributed by atoms with E-state index in [2.05, 4.69) is 31.0 Å². The topological polar surface area (TPSA) is 84.3 Å². The summed E-state index contributed by atoms with van der Waals surface area (Å²) in [5, 5.41) is 0.959. The molecule has 1 N–H and O–H groups in total. The molecule has 4 rings (SSSR count). The Morgan fingerprint density at radius 2 is 1.87 bits per heavy atom. The molecule has 0 bridgehead atoms. The molecule has 0 atom stereocenters. The summed E-state index contributed by atoms with van der Waals surface area (Å²) in [6, 6.07) is 15.9. The molecule has 2 aromatic heterocycles. The second-order valence-electron chi connectivity index (χ2n) is 7.41. The number of pyridine rings is 1. The minimum atomic E-state index is -3.97. The molecule has 2 aromatic carbocycles. The number of para-hydroxylation sites is 1. The zero-order valence-electron chi connectivity index (χ0n) is 16.9. The van der Waals surface area contributed by atoms with Crippen LogP contribution in [0.25, 0.3) is 33.7 Å². The van der Waals surface area contributed by atoms with Crippen molar-refractivity contribution in [2.24, 2.45) is 0 Å². The smallest absolute Gasteiger partial charge is 0.265 e. The Bertz CT molecular complexity index is 1330. The summed E-state index contributed by atoms with van der Waals surface area (Å²) < 4.78 is 39.1. The van der Waals surface area contributed by atoms with Crippen LogP contribution < -0.4 is 4.57 Å². The number of rotatable bonds is 6. The molecule has 0 radical (unpaired) electrons. The van der Waals surface area contributed by atoms with Crippen molar-refractivity contribution in [3.8, 4) is 22.8 Å². The van der Waals surface area contributed by atoms with Gasteiger partial charge >= 0.3 is 0 Å². The molecule has 0 amide bonds. The average molecular weight is 424 g/mol. The predicted molar refractivity (Wildman–Crippen MR) is 116 cm³/mol. The monoisotopic (exact) mass is 423 g/mol. The molecule has 0 fully saturated rings. The highest BCUT2D eigenvalue weighted by Gasteiger charge is 2.18. The van der Waals surface area contributed by atoms with E-state index >= 15 is 0 Å². The highest BCUT2D eigenvalue weighted by molar-refractivity contribution is 7.85. The van der Waals surface area contributed by atoms with Crippen LogP contribution in [0.3, 0.4) is 0 Å². The zero-order valence-corrected chi connectivity index (χ0v) is 17.7. The van der Waals surface area contributed by atoms with E-state index in [9.17, 15) is 8.42 Å². The number of oxazole rings is 1. The third-order valence-electron chi connectivity index (χ3n) is 5.25. The summed E-state index contributed by atoms with van der Waals surface area (Å²) in [7, 11) is -3.97. The van der Waals surface area contributed by atoms with Gasteiger partial charge in [-0.3, -0.25) is 4.55 Å². The van der Waals surface area contributed by atoms with E-state index in [1.54, 1.807) is 6.20 Å². The minimum Gasteiger partial charge on any atom is -0.436 e. The maximum Gasteiger partial charge on any atom is 0.265 e. The number of nitrogens with zero attached hydrogens (tertiary/aromatic N) is 2. The first-order valence-corrected chi connectivity index (χ1v) is 11.3. The zero-order chi connectivity index (χ0) is 21.3. The van der Waals surface area contributed by atoms with E-state index in [1.807, 2.05) is 47.2 Å². The summed E-state index contributed by atoms with van der Waals surface area (Å²) in [6.45, 7) is 4.62. The molecule has 4 aromatic rings. The number of aryl methyl sites for hydroxylation is 3. The predicted octanol–water partition coefficient (Wildman–Crippen LogP) is 4.34. The molecule has 2 heterocycles. The van der Waals surface area contributed by atoms with Crippen LogP contribution in [0.15, 0.2) is 65.3 Å². The van der Waals surface area contributed by atoms with Crippen LogP contribution in [0.1, 0.15) is 17.5 Å². The molecule has 30 heavy (non-hydrogen) atoms. The van der Waals surface area contributed by atoms with Gasteiger partial charge in [-0.25, -0.2) is 4.98 Å². The number of hydrogen-bond donors (Lipinski definition) is 1. The van der Waals surface area contributed by atoms with Crippen molar-refractivity contribution >= 4 is 21.0 Å². The summed E-state index contributed by atoms with van der Waals surface area (Å²) in [5.41, 5.74) is 5.22. The van der Waals surface area contributed by atoms with Crippen LogP contribution in [-0.4, -0.2) is 23.7 Å². The lowest BCUT2D eigenvalue weighted by atomic mass is 10.1. The summed E-state index contributed by atoms with van der Waals surface area (Å²) in [6.07, 6.45) is 3.95. The van der Waals surface area contributed by atoms with Gasteiger partial charge in [0.25, 0.3) is 10.1 Å². The van der Waals surface area contributed by atoms with Crippen molar-refractivity contribution in [3.63, 3.8) is 0 Å². The largest absolute Gasteiger partial charge is 0.436 e. The summed E-state index contributed by atoms with van der Waals surface area (Å²) in [4.78, 5) is 4.50. The van der Waals surface area contributed by atoms with Crippen LogP contribution in [0.2, 0.25) is 0 Å². The van der Waals surface area contributed by atoms with Crippen LogP contribution in [0.5, 0.6) is 0 Å². The summed E-state index contributed by atoms with van der Waals surface area (Å²) in [5.74, 6) is 0.973. The molecule has 0 unspecified atom stereocenters. The van der Waals surface area contributed by atoms with E-state index in [0.29, 0.717) is 24.6 Å². The first-order valence-electron chi connectivity index (χ1n) is 9.72. The van der Waals surface area contributed by atoms with Gasteiger partial charge in [-0.2, -0.15) is 13.0 Å². The molecule has 7 heteroatoms. The van der Waals surface area contributed by atoms with Crippen molar-refractivity contribution in [3.05, 3.63) is 72.1 Å². The second-order valence-corrected chi connectivity index (χ2v) is 8.98. The molecular formula is C23H23N2O4S+. The first kappa shape index (κ1) is 20.3. The van der Waals surface area contributed by atoms with Crippen molar-refractivity contribution in [1.29, 1.82) is 0 Å². The molecule has 0 aliphatic rings. The number of hydrogen-bond acceptors (Lipinski definition) is 4. The molecule has 0 aliphatic heterocycles. The standard InChI is InChI=1S/C23H22N2O4S/c1-16-8-9-18(14-17(16)2)22-15-24-23(29-22)20-10-12-25(11-5-13-30(26,27)28)21-7-4-3-6-19(20)21/h3-4,6-10,12,14-15H,5,11,13H2,1-2H3/p+1. The lowest BCUT2D eigenvalue weighted by molar-refractivity contribution is -0.671. The van der Waals surface area contributed by atoms with E-state index in [0.717, 1.165) is 22.0 Å². The third kappa shape index (κ3) is 4.27. The Labute approximate surface area is 175 Å². The van der Waals surface area contributed by atoms with Gasteiger partial charge in [-0.05, 0) is 37.1 Å². The van der Waals surface area contributed by atoms with Gasteiger partial charge in [0.05, 0.1) is 22.9 Å². The van der Waals surface area contributed by atoms with Crippen LogP contribution >= 0.6 is 0 Å². The van der Waals surface area contributed by atoms with Crippen molar-refractivity contribution in [1.82, 2.24) is 4.98 Å². The first-order chi connectivity index (χ1) is 14.3. The Kier molecular flexibility index (Phi) is 5.40. The SMILES string of the molecule is Cc1ccc(-c2cnc(-c3cc[n+](CCCS(=O)(=O)O)c4ccccc34)o2)cc1C. The molecule has 154 valence electrons. The highest BCUT2D eigenvalue weighted by atomic mass is 32.2. The van der Waals surface area contributed by atoms with Gasteiger partial charge in [-0.15, -0.1) is 0 Å². The number of fused-ring (bicyclic) bond motifs is 1. The fraction of sp³-hybridized carbons (Fsp3) is 0.217. The Morgan fingerprint density at radius 1 is 1.07 bits per heavy atom. The molecular weight excluding hydrogens is 400 g/mol. The normalized spacial score (nSPS) is 11.8. The maximum atomic E-state index is 11.0. The van der Waals surface area contributed by atoms with Gasteiger partial charge in [0.2, 0.25) is 11.4 Å². The van der Waals surface area contributed by atoms with Crippen molar-refractivity contribution in [2.45, 2.75) is 26.8 Å². The average Bonchev–Trinajstić information content (AvgIpc) is 3.19. The van der Waals surface area contributed by atoms with Crippen molar-refractivity contribution in [2.75, 3.05) is 5.75 Å². The molecule has 0 spiro atoms. The van der Waals surface area contributed by atoms with E-state index in [-0.39, 0.29) is 5.75 Å². The second kappa shape index (κ2) is 8.01. The minimum absolute atomic E-state index is 0.269. The Balaban J connectivity index is 1.69. The van der Waals surface area contributed by atoms with Crippen molar-refractivity contribution < 1.29 is 22.0 Å². The number of aromatic nitrogens is 2. The molecule has 0 aliphatic carbocycles. The fourth-order valence-electron chi connectivity index (χ4n) is 3.51. The molecule has 0 saturated heterocycles. The lowest BCUT2D eigenvalue weighted by Crippen LogP contribution is -2.35. The highest BCUT2D eigenvalue weighted by Crippen LogP contribution is 2.30. The van der Waals surface area contributed by atoms with Crippen LogP contribution in [0.4, 0.5) is 0 Å². The van der Waals surface area contributed by atoms with Gasteiger partial charge in [0.15, 0.2) is 12.0 Å². The molecule has 0 saturated carbocycles. The van der Waals surface area contributed by atoms with Gasteiger partial charge in [-0.1, -0.05) is 24.3 Å². The van der Waals surface area contributed by atoms with Crippen LogP contribution in [-0.2, 0) is 16.7 Å². The summed E-state index contributed by atoms with van der Waals surface area (Å²) >= 11 is 0. The van der Waals surface area contributed by atoms with Gasteiger partial charge in [0.1, 0.15) is 6.54 Å². The number of benzene rings is 2. The quantitative estimate of drug-likeness (QED) is 0.368. The van der Waals surface area contributed by atoms with Crippen LogP contribution in [0, 0.1) is 13.8 Å². The van der Waals surface area contributed by atoms with E-state index in [4.69, 9.17) is 8.97 Å². The van der Waals surface area contributed by atoms with Gasteiger partial charge < -0.3 is 4.42 Å².